The molecule has 0 spiro atoms. The molecule has 0 heterocycles. The van der Waals surface area contributed by atoms with Gasteiger partial charge in [0.15, 0.2) is 6.61 Å². The van der Waals surface area contributed by atoms with Crippen LogP contribution in [0.4, 0.5) is 11.4 Å². The summed E-state index contributed by atoms with van der Waals surface area (Å²) in [5.74, 6) is 0.738. The highest BCUT2D eigenvalue weighted by molar-refractivity contribution is 7.92. The van der Waals surface area contributed by atoms with Gasteiger partial charge in [0.05, 0.1) is 12.0 Å². The van der Waals surface area contributed by atoms with Gasteiger partial charge in [0, 0.05) is 11.4 Å². The second-order valence-corrected chi connectivity index (χ2v) is 7.69. The maximum absolute atomic E-state index is 12.4. The van der Waals surface area contributed by atoms with Gasteiger partial charge in [-0.3, -0.25) is 9.52 Å². The molecule has 0 radical (unpaired) electrons. The number of ether oxygens (including phenoxy) is 2. The molecule has 0 atom stereocenters. The number of hydrogen-bond donors (Lipinski definition) is 2. The van der Waals surface area contributed by atoms with Gasteiger partial charge in [0.2, 0.25) is 0 Å². The van der Waals surface area contributed by atoms with Crippen LogP contribution in [-0.2, 0) is 14.8 Å². The van der Waals surface area contributed by atoms with Gasteiger partial charge in [-0.15, -0.1) is 0 Å². The monoisotopic (exact) mass is 412 g/mol. The van der Waals surface area contributed by atoms with Crippen LogP contribution in [0.1, 0.15) is 0 Å². The van der Waals surface area contributed by atoms with E-state index in [0.29, 0.717) is 22.9 Å². The van der Waals surface area contributed by atoms with Gasteiger partial charge in [-0.1, -0.05) is 18.2 Å². The lowest BCUT2D eigenvalue weighted by molar-refractivity contribution is -0.118. The topological polar surface area (TPSA) is 93.7 Å². The van der Waals surface area contributed by atoms with E-state index in [4.69, 9.17) is 9.47 Å². The standard InChI is InChI=1S/C21H20N2O5S/c1-27-18-9-7-16(8-10-18)22-21(24)15-28-19-11-13-20(14-12-19)29(25,26)23-17-5-3-2-4-6-17/h2-14,23H,15H2,1H3,(H,22,24). The third-order valence-corrected chi connectivity index (χ3v) is 5.30. The number of benzene rings is 3. The molecule has 29 heavy (non-hydrogen) atoms. The Labute approximate surface area is 169 Å². The number of methoxy groups -OCH3 is 1. The fraction of sp³-hybridized carbons (Fsp3) is 0.0952. The zero-order valence-electron chi connectivity index (χ0n) is 15.7. The number of amides is 1. The minimum atomic E-state index is -3.70. The maximum Gasteiger partial charge on any atom is 0.262 e. The van der Waals surface area contributed by atoms with Crippen LogP contribution in [0.2, 0.25) is 0 Å². The fourth-order valence-electron chi connectivity index (χ4n) is 2.46. The molecular formula is C21H20N2O5S. The number of para-hydroxylation sites is 1. The molecule has 2 N–H and O–H groups in total. The smallest absolute Gasteiger partial charge is 0.262 e. The summed E-state index contributed by atoms with van der Waals surface area (Å²) >= 11 is 0. The number of sulfonamides is 1. The predicted octanol–water partition coefficient (Wildman–Crippen LogP) is 3.51. The molecular weight excluding hydrogens is 392 g/mol. The Kier molecular flexibility index (Phi) is 6.36. The van der Waals surface area contributed by atoms with Crippen LogP contribution in [-0.4, -0.2) is 28.0 Å². The molecule has 0 aliphatic heterocycles. The number of carbonyl (C=O) groups excluding carboxylic acids is 1. The van der Waals surface area contributed by atoms with E-state index in [1.165, 1.54) is 24.3 Å². The van der Waals surface area contributed by atoms with Crippen molar-refractivity contribution in [3.63, 3.8) is 0 Å². The molecule has 0 bridgehead atoms. The van der Waals surface area contributed by atoms with Crippen LogP contribution in [0.15, 0.2) is 83.8 Å². The van der Waals surface area contributed by atoms with Gasteiger partial charge >= 0.3 is 0 Å². The average molecular weight is 412 g/mol. The van der Waals surface area contributed by atoms with Crippen molar-refractivity contribution in [3.8, 4) is 11.5 Å². The summed E-state index contributed by atoms with van der Waals surface area (Å²) in [5, 5.41) is 2.70. The number of anilines is 2. The molecule has 0 aliphatic carbocycles. The van der Waals surface area contributed by atoms with Crippen molar-refractivity contribution in [2.75, 3.05) is 23.8 Å². The molecule has 3 aromatic carbocycles. The average Bonchev–Trinajstić information content (AvgIpc) is 2.73. The van der Waals surface area contributed by atoms with Crippen molar-refractivity contribution in [3.05, 3.63) is 78.9 Å². The second kappa shape index (κ2) is 9.11. The minimum Gasteiger partial charge on any atom is -0.497 e. The molecule has 0 saturated heterocycles. The lowest BCUT2D eigenvalue weighted by Crippen LogP contribution is -2.20. The van der Waals surface area contributed by atoms with E-state index in [2.05, 4.69) is 10.0 Å². The van der Waals surface area contributed by atoms with Crippen molar-refractivity contribution in [2.45, 2.75) is 4.90 Å². The summed E-state index contributed by atoms with van der Waals surface area (Å²) < 4.78 is 37.8. The molecule has 3 rings (SSSR count). The van der Waals surface area contributed by atoms with E-state index in [9.17, 15) is 13.2 Å². The van der Waals surface area contributed by atoms with Crippen LogP contribution in [0.3, 0.4) is 0 Å². The van der Waals surface area contributed by atoms with Crippen LogP contribution in [0.5, 0.6) is 11.5 Å². The van der Waals surface area contributed by atoms with Gasteiger partial charge in [-0.2, -0.15) is 0 Å². The summed E-state index contributed by atoms with van der Waals surface area (Å²) in [6.45, 7) is -0.208. The number of carbonyl (C=O) groups is 1. The Bertz CT molecular complexity index is 1050. The summed E-state index contributed by atoms with van der Waals surface area (Å²) in [6.07, 6.45) is 0. The molecule has 0 fully saturated rings. The normalized spacial score (nSPS) is 10.8. The maximum atomic E-state index is 12.4. The van der Waals surface area contributed by atoms with Gasteiger partial charge in [0.1, 0.15) is 11.5 Å². The Morgan fingerprint density at radius 3 is 2.07 bits per heavy atom. The molecule has 3 aromatic rings. The van der Waals surface area contributed by atoms with E-state index in [1.807, 2.05) is 0 Å². The minimum absolute atomic E-state index is 0.0939. The van der Waals surface area contributed by atoms with Crippen molar-refractivity contribution in [1.29, 1.82) is 0 Å². The van der Waals surface area contributed by atoms with Gasteiger partial charge in [0.25, 0.3) is 15.9 Å². The number of rotatable bonds is 8. The fourth-order valence-corrected chi connectivity index (χ4v) is 3.51. The summed E-state index contributed by atoms with van der Waals surface area (Å²) in [5.41, 5.74) is 1.09. The summed E-state index contributed by atoms with van der Waals surface area (Å²) in [6, 6.07) is 21.4. The van der Waals surface area contributed by atoms with E-state index in [-0.39, 0.29) is 17.4 Å². The van der Waals surface area contributed by atoms with E-state index in [1.54, 1.807) is 61.7 Å². The van der Waals surface area contributed by atoms with E-state index < -0.39 is 10.0 Å². The van der Waals surface area contributed by atoms with Gasteiger partial charge < -0.3 is 14.8 Å². The quantitative estimate of drug-likeness (QED) is 0.591. The zero-order valence-corrected chi connectivity index (χ0v) is 16.5. The molecule has 150 valence electrons. The highest BCUT2D eigenvalue weighted by Crippen LogP contribution is 2.19. The highest BCUT2D eigenvalue weighted by atomic mass is 32.2. The van der Waals surface area contributed by atoms with E-state index >= 15 is 0 Å². The molecule has 0 unspecified atom stereocenters. The lowest BCUT2D eigenvalue weighted by atomic mass is 10.3. The third-order valence-electron chi connectivity index (χ3n) is 3.90. The Morgan fingerprint density at radius 1 is 0.828 bits per heavy atom. The Balaban J connectivity index is 1.55. The lowest BCUT2D eigenvalue weighted by Gasteiger charge is -2.10. The van der Waals surface area contributed by atoms with E-state index in [0.717, 1.165) is 0 Å². The van der Waals surface area contributed by atoms with Crippen LogP contribution >= 0.6 is 0 Å². The van der Waals surface area contributed by atoms with Gasteiger partial charge in [-0.05, 0) is 60.7 Å². The van der Waals surface area contributed by atoms with Crippen LogP contribution < -0.4 is 19.5 Å². The third kappa shape index (κ3) is 5.73. The van der Waals surface area contributed by atoms with Crippen molar-refractivity contribution < 1.29 is 22.7 Å². The van der Waals surface area contributed by atoms with Gasteiger partial charge in [-0.25, -0.2) is 8.42 Å². The summed E-state index contributed by atoms with van der Waals surface area (Å²) in [7, 11) is -2.14. The SMILES string of the molecule is COc1ccc(NC(=O)COc2ccc(S(=O)(=O)Nc3ccccc3)cc2)cc1. The predicted molar refractivity (Wildman–Crippen MR) is 111 cm³/mol. The molecule has 8 heteroatoms. The zero-order chi connectivity index (χ0) is 20.7. The van der Waals surface area contributed by atoms with Crippen LogP contribution in [0.25, 0.3) is 0 Å². The number of hydrogen-bond acceptors (Lipinski definition) is 5. The first kappa shape index (κ1) is 20.2. The molecule has 1 amide bonds. The molecule has 7 nitrogen and oxygen atoms in total. The van der Waals surface area contributed by atoms with Crippen LogP contribution in [0, 0.1) is 0 Å². The van der Waals surface area contributed by atoms with Crippen molar-refractivity contribution in [1.82, 2.24) is 0 Å². The molecule has 0 aliphatic rings. The van der Waals surface area contributed by atoms with Crippen molar-refractivity contribution in [2.24, 2.45) is 0 Å². The van der Waals surface area contributed by atoms with Crippen molar-refractivity contribution >= 4 is 27.3 Å². The Morgan fingerprint density at radius 2 is 1.45 bits per heavy atom. The Hall–Kier alpha value is -3.52. The largest absolute Gasteiger partial charge is 0.497 e. The first-order valence-corrected chi connectivity index (χ1v) is 10.2. The molecule has 0 saturated carbocycles. The number of nitrogens with one attached hydrogen (secondary N) is 2. The first-order valence-electron chi connectivity index (χ1n) is 8.71. The molecule has 0 aromatic heterocycles. The first-order chi connectivity index (χ1) is 14.0. The highest BCUT2D eigenvalue weighted by Gasteiger charge is 2.14. The summed E-state index contributed by atoms with van der Waals surface area (Å²) in [4.78, 5) is 12.1. The second-order valence-electron chi connectivity index (χ2n) is 6.01.